The minimum atomic E-state index is -0.607. The monoisotopic (exact) mass is 371 g/mol. The lowest BCUT2D eigenvalue weighted by molar-refractivity contribution is -0.144. The fraction of sp³-hybridized carbons (Fsp3) is 0.429. The van der Waals surface area contributed by atoms with Gasteiger partial charge in [-0.25, -0.2) is 0 Å². The molecule has 26 heavy (non-hydrogen) atoms. The summed E-state index contributed by atoms with van der Waals surface area (Å²) in [6, 6.07) is 8.05. The Morgan fingerprint density at radius 3 is 2.50 bits per heavy atom. The first-order valence-corrected chi connectivity index (χ1v) is 9.93. The first-order chi connectivity index (χ1) is 12.3. The molecule has 4 nitrogen and oxygen atoms in total. The van der Waals surface area contributed by atoms with E-state index in [1.165, 1.54) is 7.11 Å². The number of hydrogen-bond acceptors (Lipinski definition) is 5. The Bertz CT molecular complexity index is 792. The molecule has 0 fully saturated rings. The zero-order valence-electron chi connectivity index (χ0n) is 15.7. The Kier molecular flexibility index (Phi) is 5.02. The standard InChI is InChI=1S/C21H25NO3S/c1-12-17(20(24)25-4)18(13-6-8-14(26-5)9-7-13)19-15(22-12)10-21(2,3)11-16(19)23/h6-9,17-18,22H,1,10-11H2,2-5H3. The molecular weight excluding hydrogens is 346 g/mol. The molecule has 1 aromatic rings. The number of thioether (sulfide) groups is 1. The molecule has 1 N–H and O–H groups in total. The van der Waals surface area contributed by atoms with Crippen LogP contribution in [-0.4, -0.2) is 25.1 Å². The molecule has 0 amide bonds. The second-order valence-electron chi connectivity index (χ2n) is 7.74. The molecule has 3 rings (SSSR count). The summed E-state index contributed by atoms with van der Waals surface area (Å²) in [4.78, 5) is 26.7. The predicted octanol–water partition coefficient (Wildman–Crippen LogP) is 4.04. The van der Waals surface area contributed by atoms with Crippen molar-refractivity contribution in [2.45, 2.75) is 37.5 Å². The highest BCUT2D eigenvalue weighted by Crippen LogP contribution is 2.48. The molecule has 1 aromatic carbocycles. The normalized spacial score (nSPS) is 24.8. The number of esters is 1. The molecule has 0 saturated heterocycles. The highest BCUT2D eigenvalue weighted by molar-refractivity contribution is 7.98. The van der Waals surface area contributed by atoms with E-state index < -0.39 is 5.92 Å². The van der Waals surface area contributed by atoms with E-state index in [2.05, 4.69) is 25.7 Å². The number of hydrogen-bond donors (Lipinski definition) is 1. The molecule has 138 valence electrons. The third kappa shape index (κ3) is 3.32. The zero-order chi connectivity index (χ0) is 19.1. The average Bonchev–Trinajstić information content (AvgIpc) is 2.59. The van der Waals surface area contributed by atoms with Gasteiger partial charge in [0, 0.05) is 34.2 Å². The van der Waals surface area contributed by atoms with Gasteiger partial charge in [0.2, 0.25) is 0 Å². The molecule has 1 heterocycles. The van der Waals surface area contributed by atoms with Gasteiger partial charge in [0.15, 0.2) is 5.78 Å². The van der Waals surface area contributed by atoms with Crippen molar-refractivity contribution in [2.75, 3.05) is 13.4 Å². The molecule has 0 saturated carbocycles. The minimum Gasteiger partial charge on any atom is -0.468 e. The van der Waals surface area contributed by atoms with Crippen LogP contribution in [0.5, 0.6) is 0 Å². The third-order valence-corrected chi connectivity index (χ3v) is 5.92. The summed E-state index contributed by atoms with van der Waals surface area (Å²) in [6.07, 6.45) is 3.26. The number of rotatable bonds is 3. The van der Waals surface area contributed by atoms with Gasteiger partial charge < -0.3 is 10.1 Å². The number of allylic oxidation sites excluding steroid dienone is 2. The van der Waals surface area contributed by atoms with Crippen LogP contribution in [-0.2, 0) is 14.3 Å². The first-order valence-electron chi connectivity index (χ1n) is 8.71. The fourth-order valence-electron chi connectivity index (χ4n) is 4.02. The summed E-state index contributed by atoms with van der Waals surface area (Å²) in [5, 5.41) is 3.25. The number of benzene rings is 1. The lowest BCUT2D eigenvalue weighted by Crippen LogP contribution is -2.43. The highest BCUT2D eigenvalue weighted by Gasteiger charge is 2.46. The Labute approximate surface area is 159 Å². The van der Waals surface area contributed by atoms with Crippen molar-refractivity contribution in [1.82, 2.24) is 5.32 Å². The van der Waals surface area contributed by atoms with Gasteiger partial charge in [-0.15, -0.1) is 11.8 Å². The SMILES string of the molecule is C=C1NC2=C(C(=O)CC(C)(C)C2)C(c2ccc(SC)cc2)C1C(=O)OC. The van der Waals surface area contributed by atoms with Crippen molar-refractivity contribution >= 4 is 23.5 Å². The first kappa shape index (κ1) is 18.8. The fourth-order valence-corrected chi connectivity index (χ4v) is 4.43. The van der Waals surface area contributed by atoms with Crippen LogP contribution in [0.4, 0.5) is 0 Å². The van der Waals surface area contributed by atoms with Crippen LogP contribution in [0, 0.1) is 11.3 Å². The van der Waals surface area contributed by atoms with Gasteiger partial charge in [0.25, 0.3) is 0 Å². The van der Waals surface area contributed by atoms with E-state index in [1.54, 1.807) is 11.8 Å². The van der Waals surface area contributed by atoms with Gasteiger partial charge in [-0.3, -0.25) is 9.59 Å². The van der Waals surface area contributed by atoms with E-state index in [0.29, 0.717) is 17.7 Å². The van der Waals surface area contributed by atoms with Crippen LogP contribution in [0.1, 0.15) is 38.2 Å². The molecule has 2 atom stereocenters. The number of nitrogens with one attached hydrogen (secondary N) is 1. The van der Waals surface area contributed by atoms with E-state index in [1.807, 2.05) is 30.5 Å². The summed E-state index contributed by atoms with van der Waals surface area (Å²) >= 11 is 1.66. The van der Waals surface area contributed by atoms with Crippen LogP contribution < -0.4 is 5.32 Å². The molecule has 2 aliphatic rings. The molecular formula is C21H25NO3S. The Morgan fingerprint density at radius 1 is 1.27 bits per heavy atom. The number of ketones is 1. The number of ether oxygens (including phenoxy) is 1. The summed E-state index contributed by atoms with van der Waals surface area (Å²) in [5.41, 5.74) is 3.05. The molecule has 0 aromatic heterocycles. The van der Waals surface area contributed by atoms with Crippen LogP contribution in [0.25, 0.3) is 0 Å². The molecule has 0 spiro atoms. The van der Waals surface area contributed by atoms with Crippen molar-refractivity contribution in [3.8, 4) is 0 Å². The summed E-state index contributed by atoms with van der Waals surface area (Å²) in [5.74, 6) is -1.23. The van der Waals surface area contributed by atoms with E-state index in [0.717, 1.165) is 22.6 Å². The van der Waals surface area contributed by atoms with Crippen molar-refractivity contribution in [2.24, 2.45) is 11.3 Å². The maximum Gasteiger partial charge on any atom is 0.315 e. The van der Waals surface area contributed by atoms with E-state index in [-0.39, 0.29) is 23.1 Å². The smallest absolute Gasteiger partial charge is 0.315 e. The van der Waals surface area contributed by atoms with Crippen molar-refractivity contribution in [3.63, 3.8) is 0 Å². The zero-order valence-corrected chi connectivity index (χ0v) is 16.5. The topological polar surface area (TPSA) is 55.4 Å². The van der Waals surface area contributed by atoms with E-state index >= 15 is 0 Å². The van der Waals surface area contributed by atoms with Gasteiger partial charge >= 0.3 is 5.97 Å². The number of methoxy groups -OCH3 is 1. The van der Waals surface area contributed by atoms with Crippen LogP contribution >= 0.6 is 11.8 Å². The van der Waals surface area contributed by atoms with E-state index in [4.69, 9.17) is 4.74 Å². The van der Waals surface area contributed by atoms with Gasteiger partial charge in [-0.2, -0.15) is 0 Å². The molecule has 5 heteroatoms. The summed E-state index contributed by atoms with van der Waals surface area (Å²) in [6.45, 7) is 8.26. The van der Waals surface area contributed by atoms with Gasteiger partial charge in [-0.1, -0.05) is 32.6 Å². The second kappa shape index (κ2) is 6.95. The predicted molar refractivity (Wildman–Crippen MR) is 104 cm³/mol. The molecule has 1 aliphatic carbocycles. The number of Topliss-reactive ketones (excluding diaryl/α,β-unsaturated/α-hetero) is 1. The quantitative estimate of drug-likeness (QED) is 0.642. The van der Waals surface area contributed by atoms with Crippen molar-refractivity contribution < 1.29 is 14.3 Å². The number of carbonyl (C=O) groups excluding carboxylic acids is 2. The van der Waals surface area contributed by atoms with Gasteiger partial charge in [-0.05, 0) is 35.8 Å². The highest BCUT2D eigenvalue weighted by atomic mass is 32.2. The summed E-state index contributed by atoms with van der Waals surface area (Å²) in [7, 11) is 1.37. The van der Waals surface area contributed by atoms with Crippen molar-refractivity contribution in [1.29, 1.82) is 0 Å². The minimum absolute atomic E-state index is 0.101. The summed E-state index contributed by atoms with van der Waals surface area (Å²) < 4.78 is 5.03. The average molecular weight is 372 g/mol. The molecule has 0 radical (unpaired) electrons. The van der Waals surface area contributed by atoms with Gasteiger partial charge in [0.1, 0.15) is 5.92 Å². The van der Waals surface area contributed by atoms with Crippen molar-refractivity contribution in [3.05, 3.63) is 53.4 Å². The maximum atomic E-state index is 13.0. The van der Waals surface area contributed by atoms with Crippen LogP contribution in [0.3, 0.4) is 0 Å². The number of carbonyl (C=O) groups is 2. The largest absolute Gasteiger partial charge is 0.468 e. The molecule has 1 aliphatic heterocycles. The Balaban J connectivity index is 2.15. The van der Waals surface area contributed by atoms with Gasteiger partial charge in [0.05, 0.1) is 7.11 Å². The molecule has 0 bridgehead atoms. The van der Waals surface area contributed by atoms with Crippen LogP contribution in [0.2, 0.25) is 0 Å². The maximum absolute atomic E-state index is 13.0. The molecule has 2 unspecified atom stereocenters. The lowest BCUT2D eigenvalue weighted by Gasteiger charge is -2.42. The second-order valence-corrected chi connectivity index (χ2v) is 8.61. The Morgan fingerprint density at radius 2 is 1.92 bits per heavy atom. The van der Waals surface area contributed by atoms with E-state index in [9.17, 15) is 9.59 Å². The Hall–Kier alpha value is -2.01. The lowest BCUT2D eigenvalue weighted by atomic mass is 9.66. The van der Waals surface area contributed by atoms with Crippen LogP contribution in [0.15, 0.2) is 52.7 Å². The third-order valence-electron chi connectivity index (χ3n) is 5.18.